The highest BCUT2D eigenvalue weighted by Crippen LogP contribution is 2.51. The summed E-state index contributed by atoms with van der Waals surface area (Å²) >= 11 is 0. The van der Waals surface area contributed by atoms with E-state index in [1.54, 1.807) is 6.07 Å². The molecule has 2 heterocycles. The van der Waals surface area contributed by atoms with Crippen LogP contribution in [0.25, 0.3) is 0 Å². The van der Waals surface area contributed by atoms with Crippen LogP contribution in [0.3, 0.4) is 0 Å². The number of hydrazone groups is 1. The molecule has 128 valence electrons. The van der Waals surface area contributed by atoms with Crippen molar-refractivity contribution in [3.05, 3.63) is 29.3 Å². The minimum atomic E-state index is -4.44. The van der Waals surface area contributed by atoms with Crippen LogP contribution in [-0.4, -0.2) is 31.4 Å². The van der Waals surface area contributed by atoms with E-state index in [-0.39, 0.29) is 29.4 Å². The van der Waals surface area contributed by atoms with Gasteiger partial charge in [0, 0.05) is 29.8 Å². The van der Waals surface area contributed by atoms with Crippen molar-refractivity contribution in [3.63, 3.8) is 0 Å². The lowest BCUT2D eigenvalue weighted by Gasteiger charge is -2.57. The highest BCUT2D eigenvalue weighted by molar-refractivity contribution is 6.03. The number of amides is 1. The second-order valence-corrected chi connectivity index (χ2v) is 6.79. The molecule has 0 radical (unpaired) electrons. The van der Waals surface area contributed by atoms with Gasteiger partial charge in [0.2, 0.25) is 0 Å². The van der Waals surface area contributed by atoms with Crippen molar-refractivity contribution in [2.75, 3.05) is 24.5 Å². The van der Waals surface area contributed by atoms with E-state index in [0.717, 1.165) is 18.9 Å². The monoisotopic (exact) mass is 338 g/mol. The number of benzene rings is 1. The van der Waals surface area contributed by atoms with Gasteiger partial charge in [0.25, 0.3) is 5.91 Å². The Bertz CT molecular complexity index is 717. The molecule has 1 aliphatic carbocycles. The van der Waals surface area contributed by atoms with Gasteiger partial charge in [-0.2, -0.15) is 18.3 Å². The third kappa shape index (κ3) is 2.50. The van der Waals surface area contributed by atoms with Crippen molar-refractivity contribution in [1.82, 2.24) is 10.7 Å². The number of amidine groups is 1. The summed E-state index contributed by atoms with van der Waals surface area (Å²) in [6, 6.07) is 4.22. The van der Waals surface area contributed by atoms with Gasteiger partial charge in [-0.3, -0.25) is 4.79 Å². The van der Waals surface area contributed by atoms with Crippen LogP contribution in [0, 0.1) is 5.41 Å². The Morgan fingerprint density at radius 1 is 1.21 bits per heavy atom. The molecule has 3 aliphatic rings. The first-order chi connectivity index (χ1) is 11.4. The fourth-order valence-electron chi connectivity index (χ4n) is 3.64. The Morgan fingerprint density at radius 2 is 1.96 bits per heavy atom. The van der Waals surface area contributed by atoms with Gasteiger partial charge in [-0.15, -0.1) is 0 Å². The molecule has 2 aliphatic heterocycles. The molecule has 5 nitrogen and oxygen atoms in total. The van der Waals surface area contributed by atoms with Crippen LogP contribution in [0.4, 0.5) is 18.9 Å². The van der Waals surface area contributed by atoms with E-state index in [9.17, 15) is 18.0 Å². The zero-order chi connectivity index (χ0) is 16.9. The summed E-state index contributed by atoms with van der Waals surface area (Å²) in [5.41, 5.74) is 2.40. The van der Waals surface area contributed by atoms with Gasteiger partial charge in [-0.1, -0.05) is 6.42 Å². The number of hydrogen-bond donors (Lipinski definition) is 2. The number of nitrogens with zero attached hydrogens (tertiary/aromatic N) is 2. The molecule has 8 heteroatoms. The predicted molar refractivity (Wildman–Crippen MR) is 82.6 cm³/mol. The quantitative estimate of drug-likeness (QED) is 0.868. The summed E-state index contributed by atoms with van der Waals surface area (Å²) in [5, 5.41) is 6.51. The molecule has 24 heavy (non-hydrogen) atoms. The van der Waals surface area contributed by atoms with Gasteiger partial charge in [0.15, 0.2) is 5.84 Å². The van der Waals surface area contributed by atoms with Crippen molar-refractivity contribution < 1.29 is 18.0 Å². The maximum absolute atomic E-state index is 13.5. The summed E-state index contributed by atoms with van der Waals surface area (Å²) in [6.45, 7) is 1.39. The summed E-state index contributed by atoms with van der Waals surface area (Å²) < 4.78 is 40.5. The zero-order valence-electron chi connectivity index (χ0n) is 12.9. The number of nitrogens with one attached hydrogen (secondary N) is 2. The molecule has 0 unspecified atom stereocenters. The van der Waals surface area contributed by atoms with Crippen molar-refractivity contribution in [2.24, 2.45) is 10.5 Å². The highest BCUT2D eigenvalue weighted by Gasteiger charge is 2.49. The fourth-order valence-corrected chi connectivity index (χ4v) is 3.64. The largest absolute Gasteiger partial charge is 0.418 e. The first kappa shape index (κ1) is 15.3. The van der Waals surface area contributed by atoms with Gasteiger partial charge in [0.1, 0.15) is 0 Å². The maximum Gasteiger partial charge on any atom is 0.418 e. The van der Waals surface area contributed by atoms with Crippen molar-refractivity contribution in [2.45, 2.75) is 25.4 Å². The number of alkyl halides is 3. The highest BCUT2D eigenvalue weighted by atomic mass is 19.4. The zero-order valence-corrected chi connectivity index (χ0v) is 12.9. The summed E-state index contributed by atoms with van der Waals surface area (Å²) in [5.74, 6) is -0.0801. The Morgan fingerprint density at radius 3 is 2.50 bits per heavy atom. The van der Waals surface area contributed by atoms with E-state index in [2.05, 4.69) is 15.8 Å². The number of hydrogen-bond acceptors (Lipinski definition) is 4. The third-order valence-electron chi connectivity index (χ3n) is 5.09. The number of anilines is 1. The molecule has 1 saturated carbocycles. The van der Waals surface area contributed by atoms with E-state index < -0.39 is 11.7 Å². The van der Waals surface area contributed by atoms with Crippen LogP contribution >= 0.6 is 0 Å². The van der Waals surface area contributed by atoms with Gasteiger partial charge in [0.05, 0.1) is 12.1 Å². The lowest BCUT2D eigenvalue weighted by Crippen LogP contribution is -2.60. The van der Waals surface area contributed by atoms with Gasteiger partial charge in [-0.05, 0) is 31.0 Å². The van der Waals surface area contributed by atoms with Crippen LogP contribution in [0.1, 0.15) is 30.4 Å². The molecule has 1 aromatic carbocycles. The lowest BCUT2D eigenvalue weighted by molar-refractivity contribution is -0.137. The van der Waals surface area contributed by atoms with Gasteiger partial charge < -0.3 is 10.2 Å². The summed E-state index contributed by atoms with van der Waals surface area (Å²) in [6.07, 6.45) is -1.03. The molecule has 0 aromatic heterocycles. The molecule has 1 spiro atoms. The minimum absolute atomic E-state index is 0.00339. The molecule has 1 saturated heterocycles. The Labute approximate surface area is 136 Å². The Hall–Kier alpha value is -2.25. The maximum atomic E-state index is 13.5. The van der Waals surface area contributed by atoms with E-state index in [4.69, 9.17) is 0 Å². The number of carbonyl (C=O) groups is 1. The lowest BCUT2D eigenvalue weighted by atomic mass is 9.63. The molecule has 2 N–H and O–H groups in total. The molecule has 2 fully saturated rings. The SMILES string of the molecule is O=C1CNC(c2ccc(N3CC4(CCC4)C3)c(C(F)(F)F)c2)=NN1. The molecule has 1 amide bonds. The Balaban J connectivity index is 1.64. The van der Waals surface area contributed by atoms with Crippen LogP contribution in [-0.2, 0) is 11.0 Å². The first-order valence-corrected chi connectivity index (χ1v) is 7.93. The second-order valence-electron chi connectivity index (χ2n) is 6.79. The van der Waals surface area contributed by atoms with Crippen LogP contribution in [0.5, 0.6) is 0 Å². The topological polar surface area (TPSA) is 56.7 Å². The second kappa shape index (κ2) is 5.12. The normalized spacial score (nSPS) is 22.2. The number of carbonyl (C=O) groups excluding carboxylic acids is 1. The molecular formula is C16H17F3N4O. The van der Waals surface area contributed by atoms with E-state index in [0.29, 0.717) is 18.7 Å². The molecule has 0 atom stereocenters. The third-order valence-corrected chi connectivity index (χ3v) is 5.09. The first-order valence-electron chi connectivity index (χ1n) is 7.93. The fraction of sp³-hybridized carbons (Fsp3) is 0.500. The van der Waals surface area contributed by atoms with E-state index in [1.807, 2.05) is 4.90 Å². The van der Waals surface area contributed by atoms with Gasteiger partial charge >= 0.3 is 6.18 Å². The average molecular weight is 338 g/mol. The standard InChI is InChI=1S/C16H17F3N4O/c17-16(18,19)11-6-10(14-20-7-13(24)21-22-14)2-3-12(11)23-8-15(9-23)4-1-5-15/h2-3,6H,1,4-5,7-9H2,(H,20,22)(H,21,24). The van der Waals surface area contributed by atoms with Crippen molar-refractivity contribution >= 4 is 17.4 Å². The minimum Gasteiger partial charge on any atom is -0.370 e. The molecule has 0 bridgehead atoms. The van der Waals surface area contributed by atoms with Crippen LogP contribution < -0.4 is 15.6 Å². The van der Waals surface area contributed by atoms with E-state index in [1.165, 1.54) is 12.5 Å². The average Bonchev–Trinajstić information content (AvgIpc) is 2.44. The van der Waals surface area contributed by atoms with E-state index >= 15 is 0 Å². The van der Waals surface area contributed by atoms with Crippen molar-refractivity contribution in [1.29, 1.82) is 0 Å². The number of rotatable bonds is 2. The van der Waals surface area contributed by atoms with Crippen LogP contribution in [0.2, 0.25) is 0 Å². The van der Waals surface area contributed by atoms with Crippen molar-refractivity contribution in [3.8, 4) is 0 Å². The smallest absolute Gasteiger partial charge is 0.370 e. The van der Waals surface area contributed by atoms with Gasteiger partial charge in [-0.25, -0.2) is 5.43 Å². The van der Waals surface area contributed by atoms with Crippen LogP contribution in [0.15, 0.2) is 23.3 Å². The number of halogens is 3. The summed E-state index contributed by atoms with van der Waals surface area (Å²) in [7, 11) is 0. The summed E-state index contributed by atoms with van der Waals surface area (Å²) in [4.78, 5) is 12.9. The molecule has 1 aromatic rings. The predicted octanol–water partition coefficient (Wildman–Crippen LogP) is 2.08. The molecular weight excluding hydrogens is 321 g/mol. The Kier molecular flexibility index (Phi) is 3.26. The molecule has 4 rings (SSSR count).